The van der Waals surface area contributed by atoms with E-state index >= 15 is 0 Å². The van der Waals surface area contributed by atoms with Crippen molar-refractivity contribution in [1.29, 1.82) is 0 Å². The Hall–Kier alpha value is -2.03. The van der Waals surface area contributed by atoms with Crippen LogP contribution in [-0.2, 0) is 4.79 Å². The fourth-order valence-corrected chi connectivity index (χ4v) is 2.28. The zero-order chi connectivity index (χ0) is 15.2. The SMILES string of the molecule is NCC#Cc1ccc(C(=O)NC2CCCNC2=O)cc1Cl. The van der Waals surface area contributed by atoms with E-state index in [0.717, 1.165) is 6.42 Å². The van der Waals surface area contributed by atoms with Crippen molar-refractivity contribution in [3.8, 4) is 11.8 Å². The Morgan fingerprint density at radius 1 is 1.52 bits per heavy atom. The molecule has 6 heteroatoms. The first-order chi connectivity index (χ1) is 10.1. The minimum Gasteiger partial charge on any atom is -0.354 e. The van der Waals surface area contributed by atoms with Gasteiger partial charge in [0.1, 0.15) is 6.04 Å². The molecule has 0 saturated carbocycles. The summed E-state index contributed by atoms with van der Waals surface area (Å²) < 4.78 is 0. The van der Waals surface area contributed by atoms with Crippen molar-refractivity contribution in [2.45, 2.75) is 18.9 Å². The van der Waals surface area contributed by atoms with Crippen LogP contribution in [0.1, 0.15) is 28.8 Å². The van der Waals surface area contributed by atoms with Gasteiger partial charge in [-0.1, -0.05) is 23.4 Å². The molecule has 4 N–H and O–H groups in total. The number of nitrogens with two attached hydrogens (primary N) is 1. The van der Waals surface area contributed by atoms with Crippen LogP contribution in [0.3, 0.4) is 0 Å². The number of carbonyl (C=O) groups excluding carboxylic acids is 2. The number of halogens is 1. The topological polar surface area (TPSA) is 84.2 Å². The molecular formula is C15H16ClN3O2. The first-order valence-electron chi connectivity index (χ1n) is 6.69. The minimum absolute atomic E-state index is 0.147. The molecule has 1 saturated heterocycles. The van der Waals surface area contributed by atoms with Gasteiger partial charge in [-0.3, -0.25) is 9.59 Å². The molecule has 1 aliphatic heterocycles. The van der Waals surface area contributed by atoms with Crippen LogP contribution in [0, 0.1) is 11.8 Å². The quantitative estimate of drug-likeness (QED) is 0.702. The van der Waals surface area contributed by atoms with Crippen LogP contribution in [0.4, 0.5) is 0 Å². The number of hydrogen-bond donors (Lipinski definition) is 3. The highest BCUT2D eigenvalue weighted by atomic mass is 35.5. The third-order valence-corrected chi connectivity index (χ3v) is 3.46. The third kappa shape index (κ3) is 3.97. The van der Waals surface area contributed by atoms with E-state index in [1.54, 1.807) is 12.1 Å². The Bertz CT molecular complexity index is 619. The van der Waals surface area contributed by atoms with Crippen LogP contribution in [0.25, 0.3) is 0 Å². The van der Waals surface area contributed by atoms with Gasteiger partial charge < -0.3 is 16.4 Å². The van der Waals surface area contributed by atoms with Crippen molar-refractivity contribution in [3.63, 3.8) is 0 Å². The third-order valence-electron chi connectivity index (χ3n) is 3.15. The van der Waals surface area contributed by atoms with Crippen molar-refractivity contribution >= 4 is 23.4 Å². The van der Waals surface area contributed by atoms with Crippen molar-refractivity contribution in [3.05, 3.63) is 34.3 Å². The van der Waals surface area contributed by atoms with E-state index in [1.165, 1.54) is 6.07 Å². The maximum Gasteiger partial charge on any atom is 0.251 e. The maximum absolute atomic E-state index is 12.1. The van der Waals surface area contributed by atoms with E-state index in [1.807, 2.05) is 0 Å². The standard InChI is InChI=1S/C15H16ClN3O2/c16-12-9-11(6-5-10(12)3-1-7-17)14(20)19-13-4-2-8-18-15(13)21/h5-6,9,13H,2,4,7-8,17H2,(H,18,21)(H,19,20). The molecule has 1 aromatic rings. The highest BCUT2D eigenvalue weighted by Gasteiger charge is 2.24. The van der Waals surface area contributed by atoms with Crippen LogP contribution < -0.4 is 16.4 Å². The molecule has 1 aliphatic rings. The smallest absolute Gasteiger partial charge is 0.251 e. The molecule has 1 fully saturated rings. The van der Waals surface area contributed by atoms with Gasteiger partial charge in [0.15, 0.2) is 0 Å². The lowest BCUT2D eigenvalue weighted by Gasteiger charge is -2.22. The lowest BCUT2D eigenvalue weighted by molar-refractivity contribution is -0.124. The number of hydrogen-bond acceptors (Lipinski definition) is 3. The van der Waals surface area contributed by atoms with Gasteiger partial charge in [-0.15, -0.1) is 0 Å². The molecule has 2 rings (SSSR count). The van der Waals surface area contributed by atoms with E-state index in [2.05, 4.69) is 22.5 Å². The zero-order valence-electron chi connectivity index (χ0n) is 11.4. The maximum atomic E-state index is 12.1. The predicted molar refractivity (Wildman–Crippen MR) is 80.9 cm³/mol. The van der Waals surface area contributed by atoms with Crippen LogP contribution in [0.2, 0.25) is 5.02 Å². The first kappa shape index (κ1) is 15.4. The second kappa shape index (κ2) is 7.11. The monoisotopic (exact) mass is 305 g/mol. The molecule has 2 amide bonds. The number of rotatable bonds is 2. The van der Waals surface area contributed by atoms with E-state index in [0.29, 0.717) is 29.1 Å². The molecule has 0 radical (unpaired) electrons. The molecule has 1 atom stereocenters. The summed E-state index contributed by atoms with van der Waals surface area (Å²) in [7, 11) is 0. The molecule has 1 heterocycles. The fraction of sp³-hybridized carbons (Fsp3) is 0.333. The lowest BCUT2D eigenvalue weighted by atomic mass is 10.1. The first-order valence-corrected chi connectivity index (χ1v) is 7.06. The largest absolute Gasteiger partial charge is 0.354 e. The number of benzene rings is 1. The van der Waals surface area contributed by atoms with Crippen LogP contribution in [0.15, 0.2) is 18.2 Å². The summed E-state index contributed by atoms with van der Waals surface area (Å²) >= 11 is 6.08. The summed E-state index contributed by atoms with van der Waals surface area (Å²) in [6.07, 6.45) is 1.50. The van der Waals surface area contributed by atoms with E-state index in [-0.39, 0.29) is 18.4 Å². The highest BCUT2D eigenvalue weighted by Crippen LogP contribution is 2.17. The molecule has 0 aromatic heterocycles. The van der Waals surface area contributed by atoms with E-state index in [9.17, 15) is 9.59 Å². The van der Waals surface area contributed by atoms with Gasteiger partial charge in [-0.25, -0.2) is 0 Å². The second-order valence-electron chi connectivity index (χ2n) is 4.66. The predicted octanol–water partition coefficient (Wildman–Crippen LogP) is 0.659. The molecule has 1 unspecified atom stereocenters. The van der Waals surface area contributed by atoms with E-state index in [4.69, 9.17) is 17.3 Å². The molecule has 0 aliphatic carbocycles. The number of carbonyl (C=O) groups is 2. The number of nitrogens with one attached hydrogen (secondary N) is 2. The molecular weight excluding hydrogens is 290 g/mol. The van der Waals surface area contributed by atoms with Gasteiger partial charge in [-0.2, -0.15) is 0 Å². The van der Waals surface area contributed by atoms with Gasteiger partial charge in [-0.05, 0) is 31.0 Å². The van der Waals surface area contributed by atoms with Gasteiger partial charge in [0.05, 0.1) is 11.6 Å². The Balaban J connectivity index is 2.09. The Labute approximate surface area is 128 Å². The highest BCUT2D eigenvalue weighted by molar-refractivity contribution is 6.32. The Morgan fingerprint density at radius 3 is 3.00 bits per heavy atom. The van der Waals surface area contributed by atoms with Gasteiger partial charge >= 0.3 is 0 Å². The molecule has 0 bridgehead atoms. The summed E-state index contributed by atoms with van der Waals surface area (Å²) in [4.78, 5) is 23.7. The molecule has 21 heavy (non-hydrogen) atoms. The second-order valence-corrected chi connectivity index (χ2v) is 5.07. The van der Waals surface area contributed by atoms with Gasteiger partial charge in [0.25, 0.3) is 5.91 Å². The number of amides is 2. The van der Waals surface area contributed by atoms with Crippen LogP contribution >= 0.6 is 11.6 Å². The zero-order valence-corrected chi connectivity index (χ0v) is 12.2. The summed E-state index contributed by atoms with van der Waals surface area (Å²) in [6.45, 7) is 0.904. The van der Waals surface area contributed by atoms with Crippen molar-refractivity contribution in [1.82, 2.24) is 10.6 Å². The van der Waals surface area contributed by atoms with Crippen molar-refractivity contribution in [2.24, 2.45) is 5.73 Å². The molecule has 110 valence electrons. The Morgan fingerprint density at radius 2 is 2.33 bits per heavy atom. The molecule has 0 spiro atoms. The van der Waals surface area contributed by atoms with Gasteiger partial charge in [0.2, 0.25) is 5.91 Å². The normalized spacial score (nSPS) is 17.4. The van der Waals surface area contributed by atoms with E-state index < -0.39 is 6.04 Å². The molecule has 5 nitrogen and oxygen atoms in total. The minimum atomic E-state index is -0.485. The van der Waals surface area contributed by atoms with Gasteiger partial charge in [0, 0.05) is 17.7 Å². The number of piperidine rings is 1. The van der Waals surface area contributed by atoms with Crippen LogP contribution in [0.5, 0.6) is 0 Å². The average molecular weight is 306 g/mol. The summed E-state index contributed by atoms with van der Waals surface area (Å²) in [6, 6.07) is 4.35. The summed E-state index contributed by atoms with van der Waals surface area (Å²) in [5, 5.41) is 5.82. The summed E-state index contributed by atoms with van der Waals surface area (Å²) in [5.74, 6) is 5.06. The van der Waals surface area contributed by atoms with Crippen LogP contribution in [-0.4, -0.2) is 30.9 Å². The lowest BCUT2D eigenvalue weighted by Crippen LogP contribution is -2.50. The Kier molecular flexibility index (Phi) is 5.20. The van der Waals surface area contributed by atoms with Crippen molar-refractivity contribution in [2.75, 3.05) is 13.1 Å². The molecule has 1 aromatic carbocycles. The average Bonchev–Trinajstić information content (AvgIpc) is 2.48. The fourth-order valence-electron chi connectivity index (χ4n) is 2.06. The van der Waals surface area contributed by atoms with Crippen molar-refractivity contribution < 1.29 is 9.59 Å². The summed E-state index contributed by atoms with van der Waals surface area (Å²) in [5.41, 5.74) is 6.32.